The molecule has 1 aliphatic carbocycles. The Bertz CT molecular complexity index is 625. The normalized spacial score (nSPS) is 14.7. The molecule has 4 nitrogen and oxygen atoms in total. The summed E-state index contributed by atoms with van der Waals surface area (Å²) < 4.78 is 11.6. The molecule has 23 heavy (non-hydrogen) atoms. The molecule has 1 fully saturated rings. The Morgan fingerprint density at radius 2 is 2.00 bits per heavy atom. The second kappa shape index (κ2) is 7.36. The van der Waals surface area contributed by atoms with Crippen molar-refractivity contribution in [2.24, 2.45) is 0 Å². The van der Waals surface area contributed by atoms with Gasteiger partial charge in [0.05, 0.1) is 25.1 Å². The Kier molecular flexibility index (Phi) is 5.01. The monoisotopic (exact) mass is 312 g/mol. The van der Waals surface area contributed by atoms with Gasteiger partial charge in [0.1, 0.15) is 0 Å². The zero-order valence-corrected chi connectivity index (χ0v) is 13.9. The number of hydrogen-bond acceptors (Lipinski definition) is 4. The van der Waals surface area contributed by atoms with Crippen LogP contribution in [0.4, 0.5) is 5.69 Å². The van der Waals surface area contributed by atoms with Gasteiger partial charge in [0, 0.05) is 19.8 Å². The van der Waals surface area contributed by atoms with Crippen molar-refractivity contribution in [2.75, 3.05) is 19.1 Å². The zero-order chi connectivity index (χ0) is 16.1. The molecule has 0 bridgehead atoms. The Balaban J connectivity index is 1.74. The smallest absolute Gasteiger partial charge is 0.161 e. The number of hydrogen-bond donors (Lipinski definition) is 0. The SMILES string of the molecule is COc1ccc(CN(C)c2cccnc2)cc1OC1CCCC1. The molecule has 0 saturated heterocycles. The summed E-state index contributed by atoms with van der Waals surface area (Å²) in [5, 5.41) is 0. The molecule has 0 amide bonds. The summed E-state index contributed by atoms with van der Waals surface area (Å²) in [6.45, 7) is 0.802. The van der Waals surface area contributed by atoms with Gasteiger partial charge in [0.2, 0.25) is 0 Å². The van der Waals surface area contributed by atoms with Crippen LogP contribution in [-0.4, -0.2) is 25.2 Å². The fraction of sp³-hybridized carbons (Fsp3) is 0.421. The van der Waals surface area contributed by atoms with Gasteiger partial charge in [0.15, 0.2) is 11.5 Å². The average molecular weight is 312 g/mol. The number of anilines is 1. The van der Waals surface area contributed by atoms with E-state index >= 15 is 0 Å². The van der Waals surface area contributed by atoms with Crippen molar-refractivity contribution in [3.05, 3.63) is 48.3 Å². The van der Waals surface area contributed by atoms with Gasteiger partial charge in [-0.25, -0.2) is 0 Å². The molecule has 0 spiro atoms. The first-order chi connectivity index (χ1) is 11.3. The van der Waals surface area contributed by atoms with Crippen molar-refractivity contribution in [3.63, 3.8) is 0 Å². The van der Waals surface area contributed by atoms with Crippen LogP contribution < -0.4 is 14.4 Å². The van der Waals surface area contributed by atoms with Gasteiger partial charge in [0.25, 0.3) is 0 Å². The van der Waals surface area contributed by atoms with E-state index in [0.717, 1.165) is 36.6 Å². The molecule has 1 saturated carbocycles. The van der Waals surface area contributed by atoms with Crippen molar-refractivity contribution >= 4 is 5.69 Å². The molecule has 0 N–H and O–H groups in total. The lowest BCUT2D eigenvalue weighted by Gasteiger charge is -2.21. The van der Waals surface area contributed by atoms with E-state index in [1.165, 1.54) is 18.4 Å². The van der Waals surface area contributed by atoms with Gasteiger partial charge in [-0.05, 0) is 55.5 Å². The molecule has 0 radical (unpaired) electrons. The minimum atomic E-state index is 0.329. The molecule has 0 unspecified atom stereocenters. The Hall–Kier alpha value is -2.23. The molecule has 2 aromatic rings. The summed E-state index contributed by atoms with van der Waals surface area (Å²) in [5.41, 5.74) is 2.30. The second-order valence-corrected chi connectivity index (χ2v) is 6.08. The minimum Gasteiger partial charge on any atom is -0.493 e. The first kappa shape index (κ1) is 15.7. The van der Waals surface area contributed by atoms with E-state index in [-0.39, 0.29) is 0 Å². The number of benzene rings is 1. The quantitative estimate of drug-likeness (QED) is 0.806. The molecular formula is C19H24N2O2. The average Bonchev–Trinajstić information content (AvgIpc) is 3.09. The van der Waals surface area contributed by atoms with Crippen molar-refractivity contribution in [1.82, 2.24) is 4.98 Å². The number of rotatable bonds is 6. The lowest BCUT2D eigenvalue weighted by Crippen LogP contribution is -2.17. The highest BCUT2D eigenvalue weighted by Gasteiger charge is 2.18. The van der Waals surface area contributed by atoms with Gasteiger partial charge >= 0.3 is 0 Å². The molecular weight excluding hydrogens is 288 g/mol. The predicted octanol–water partition coefficient (Wildman–Crippen LogP) is 4.05. The van der Waals surface area contributed by atoms with Gasteiger partial charge in [-0.1, -0.05) is 6.07 Å². The summed E-state index contributed by atoms with van der Waals surface area (Å²) in [7, 11) is 3.76. The fourth-order valence-corrected chi connectivity index (χ4v) is 3.04. The largest absolute Gasteiger partial charge is 0.493 e. The molecule has 0 aliphatic heterocycles. The lowest BCUT2D eigenvalue weighted by atomic mass is 10.1. The first-order valence-electron chi connectivity index (χ1n) is 8.21. The maximum absolute atomic E-state index is 6.17. The predicted molar refractivity (Wildman–Crippen MR) is 92.2 cm³/mol. The van der Waals surface area contributed by atoms with E-state index in [1.807, 2.05) is 18.3 Å². The van der Waals surface area contributed by atoms with Gasteiger partial charge in [-0.3, -0.25) is 4.98 Å². The van der Waals surface area contributed by atoms with Crippen LogP contribution in [0, 0.1) is 0 Å². The number of methoxy groups -OCH3 is 1. The highest BCUT2D eigenvalue weighted by atomic mass is 16.5. The van der Waals surface area contributed by atoms with E-state index in [0.29, 0.717) is 6.10 Å². The van der Waals surface area contributed by atoms with Gasteiger partial charge in [-0.2, -0.15) is 0 Å². The maximum atomic E-state index is 6.17. The van der Waals surface area contributed by atoms with Crippen molar-refractivity contribution in [3.8, 4) is 11.5 Å². The molecule has 1 aromatic carbocycles. The zero-order valence-electron chi connectivity index (χ0n) is 13.9. The van der Waals surface area contributed by atoms with Crippen LogP contribution in [0.1, 0.15) is 31.2 Å². The highest BCUT2D eigenvalue weighted by Crippen LogP contribution is 2.33. The van der Waals surface area contributed by atoms with E-state index in [4.69, 9.17) is 9.47 Å². The highest BCUT2D eigenvalue weighted by molar-refractivity contribution is 5.47. The maximum Gasteiger partial charge on any atom is 0.161 e. The van der Waals surface area contributed by atoms with E-state index in [9.17, 15) is 0 Å². The van der Waals surface area contributed by atoms with E-state index in [2.05, 4.69) is 35.1 Å². The third kappa shape index (κ3) is 3.95. The molecule has 0 atom stereocenters. The van der Waals surface area contributed by atoms with Crippen LogP contribution in [0.2, 0.25) is 0 Å². The molecule has 1 heterocycles. The minimum absolute atomic E-state index is 0.329. The third-order valence-corrected chi connectivity index (χ3v) is 4.33. The van der Waals surface area contributed by atoms with Crippen LogP contribution in [0.5, 0.6) is 11.5 Å². The standard InChI is InChI=1S/C19H24N2O2/c1-21(16-6-5-11-20-13-16)14-15-9-10-18(22-2)19(12-15)23-17-7-3-4-8-17/h5-6,9-13,17H,3-4,7-8,14H2,1-2H3. The summed E-state index contributed by atoms with van der Waals surface area (Å²) in [6.07, 6.45) is 8.80. The molecule has 4 heteroatoms. The van der Waals surface area contributed by atoms with Crippen molar-refractivity contribution in [1.29, 1.82) is 0 Å². The van der Waals surface area contributed by atoms with Crippen LogP contribution in [0.3, 0.4) is 0 Å². The van der Waals surface area contributed by atoms with E-state index in [1.54, 1.807) is 13.3 Å². The lowest BCUT2D eigenvalue weighted by molar-refractivity contribution is 0.200. The third-order valence-electron chi connectivity index (χ3n) is 4.33. The molecule has 1 aromatic heterocycles. The molecule has 1 aliphatic rings. The Morgan fingerprint density at radius 3 is 2.70 bits per heavy atom. The van der Waals surface area contributed by atoms with Gasteiger partial charge in [-0.15, -0.1) is 0 Å². The van der Waals surface area contributed by atoms with Crippen LogP contribution >= 0.6 is 0 Å². The van der Waals surface area contributed by atoms with Crippen LogP contribution in [-0.2, 0) is 6.54 Å². The summed E-state index contributed by atoms with van der Waals surface area (Å²) in [6, 6.07) is 10.2. The first-order valence-corrected chi connectivity index (χ1v) is 8.21. The Morgan fingerprint density at radius 1 is 1.17 bits per heavy atom. The molecule has 3 rings (SSSR count). The van der Waals surface area contributed by atoms with Crippen LogP contribution in [0.25, 0.3) is 0 Å². The number of pyridine rings is 1. The van der Waals surface area contributed by atoms with E-state index < -0.39 is 0 Å². The topological polar surface area (TPSA) is 34.6 Å². The number of ether oxygens (including phenoxy) is 2. The Labute approximate surface area is 138 Å². The number of aromatic nitrogens is 1. The van der Waals surface area contributed by atoms with Gasteiger partial charge < -0.3 is 14.4 Å². The number of nitrogens with zero attached hydrogens (tertiary/aromatic N) is 2. The van der Waals surface area contributed by atoms with Crippen molar-refractivity contribution in [2.45, 2.75) is 38.3 Å². The van der Waals surface area contributed by atoms with Crippen LogP contribution in [0.15, 0.2) is 42.7 Å². The van der Waals surface area contributed by atoms with Crippen molar-refractivity contribution < 1.29 is 9.47 Å². The molecule has 122 valence electrons. The summed E-state index contributed by atoms with van der Waals surface area (Å²) in [4.78, 5) is 6.35. The summed E-state index contributed by atoms with van der Waals surface area (Å²) >= 11 is 0. The summed E-state index contributed by atoms with van der Waals surface area (Å²) in [5.74, 6) is 1.67. The fourth-order valence-electron chi connectivity index (χ4n) is 3.04. The second-order valence-electron chi connectivity index (χ2n) is 6.08.